The van der Waals surface area contributed by atoms with Gasteiger partial charge in [-0.3, -0.25) is 9.69 Å². The van der Waals surface area contributed by atoms with Gasteiger partial charge >= 0.3 is 0 Å². The van der Waals surface area contributed by atoms with Crippen LogP contribution in [0, 0.1) is 0 Å². The number of rotatable bonds is 5. The molecule has 2 aromatic rings. The molecule has 0 atom stereocenters. The van der Waals surface area contributed by atoms with Crippen LogP contribution in [0.15, 0.2) is 48.5 Å². The Morgan fingerprint density at radius 2 is 1.59 bits per heavy atom. The largest absolute Gasteiger partial charge is 0.457 e. The van der Waals surface area contributed by atoms with Gasteiger partial charge in [-0.25, -0.2) is 0 Å². The molecule has 2 heterocycles. The Balaban J connectivity index is 0.00000210. The summed E-state index contributed by atoms with van der Waals surface area (Å²) in [5.41, 5.74) is 1.86. The molecule has 1 amide bonds. The molecule has 0 aliphatic carbocycles. The molecule has 1 fully saturated rings. The van der Waals surface area contributed by atoms with Crippen LogP contribution in [0.25, 0.3) is 0 Å². The lowest BCUT2D eigenvalue weighted by Gasteiger charge is -2.28. The summed E-state index contributed by atoms with van der Waals surface area (Å²) in [5, 5.41) is 3.12. The Kier molecular flexibility index (Phi) is 6.72. The van der Waals surface area contributed by atoms with Crippen LogP contribution in [0.4, 0.5) is 0 Å². The van der Waals surface area contributed by atoms with Gasteiger partial charge in [-0.2, -0.15) is 0 Å². The second-order valence-electron chi connectivity index (χ2n) is 6.71. The summed E-state index contributed by atoms with van der Waals surface area (Å²) < 4.78 is 11.3. The highest BCUT2D eigenvalue weighted by Gasteiger charge is 2.32. The molecule has 4 rings (SSSR count). The number of fused-ring (bicyclic) bond motifs is 2. The smallest absolute Gasteiger partial charge is 0.232 e. The maximum atomic E-state index is 13.0. The Hall–Kier alpha value is -2.08. The van der Waals surface area contributed by atoms with E-state index < -0.39 is 0 Å². The number of ether oxygens (including phenoxy) is 2. The fourth-order valence-electron chi connectivity index (χ4n) is 3.63. The molecule has 2 aromatic carbocycles. The van der Waals surface area contributed by atoms with Gasteiger partial charge in [0.05, 0.1) is 19.1 Å². The molecule has 144 valence electrons. The molecule has 2 aliphatic rings. The van der Waals surface area contributed by atoms with E-state index in [1.807, 2.05) is 48.5 Å². The number of para-hydroxylation sites is 2. The molecular formula is C21H25ClN2O3. The predicted molar refractivity (Wildman–Crippen MR) is 107 cm³/mol. The van der Waals surface area contributed by atoms with Gasteiger partial charge in [0, 0.05) is 30.8 Å². The number of nitrogens with zero attached hydrogens (tertiary/aromatic N) is 1. The van der Waals surface area contributed by atoms with E-state index >= 15 is 0 Å². The van der Waals surface area contributed by atoms with E-state index in [4.69, 9.17) is 9.47 Å². The monoisotopic (exact) mass is 388 g/mol. The van der Waals surface area contributed by atoms with Crippen LogP contribution < -0.4 is 10.1 Å². The molecule has 0 aromatic heterocycles. The number of morpholine rings is 1. The van der Waals surface area contributed by atoms with Crippen LogP contribution in [0.2, 0.25) is 0 Å². The highest BCUT2D eigenvalue weighted by atomic mass is 35.5. The van der Waals surface area contributed by atoms with Gasteiger partial charge < -0.3 is 14.8 Å². The summed E-state index contributed by atoms with van der Waals surface area (Å²) in [4.78, 5) is 15.4. The second-order valence-corrected chi connectivity index (χ2v) is 6.71. The van der Waals surface area contributed by atoms with Gasteiger partial charge in [0.15, 0.2) is 0 Å². The predicted octanol–water partition coefficient (Wildman–Crippen LogP) is 3.18. The van der Waals surface area contributed by atoms with Crippen LogP contribution >= 0.6 is 12.4 Å². The highest BCUT2D eigenvalue weighted by Crippen LogP contribution is 2.43. The van der Waals surface area contributed by atoms with Crippen LogP contribution in [-0.2, 0) is 9.53 Å². The zero-order valence-corrected chi connectivity index (χ0v) is 16.0. The van der Waals surface area contributed by atoms with Gasteiger partial charge in [-0.15, -0.1) is 12.4 Å². The number of carbonyl (C=O) groups excluding carboxylic acids is 1. The lowest BCUT2D eigenvalue weighted by Crippen LogP contribution is -2.38. The quantitative estimate of drug-likeness (QED) is 0.799. The average molecular weight is 389 g/mol. The Bertz CT molecular complexity index is 732. The number of hydrogen-bond acceptors (Lipinski definition) is 4. The normalized spacial score (nSPS) is 16.4. The summed E-state index contributed by atoms with van der Waals surface area (Å²) >= 11 is 0. The molecule has 27 heavy (non-hydrogen) atoms. The number of amides is 1. The summed E-state index contributed by atoms with van der Waals surface area (Å²) in [5.74, 6) is 1.24. The van der Waals surface area contributed by atoms with Crippen molar-refractivity contribution in [1.82, 2.24) is 10.2 Å². The number of nitrogens with one attached hydrogen (secondary N) is 1. The van der Waals surface area contributed by atoms with E-state index in [1.165, 1.54) is 0 Å². The molecule has 1 saturated heterocycles. The summed E-state index contributed by atoms with van der Waals surface area (Å²) in [6.07, 6.45) is 0.943. The third-order valence-electron chi connectivity index (χ3n) is 5.00. The third-order valence-corrected chi connectivity index (χ3v) is 5.00. The average Bonchev–Trinajstić information content (AvgIpc) is 2.70. The van der Waals surface area contributed by atoms with Crippen molar-refractivity contribution in [2.24, 2.45) is 0 Å². The van der Waals surface area contributed by atoms with Gasteiger partial charge in [-0.05, 0) is 25.1 Å². The van der Waals surface area contributed by atoms with Crippen LogP contribution in [0.3, 0.4) is 0 Å². The minimum Gasteiger partial charge on any atom is -0.457 e. The van der Waals surface area contributed by atoms with Crippen molar-refractivity contribution in [2.45, 2.75) is 12.3 Å². The topological polar surface area (TPSA) is 50.8 Å². The van der Waals surface area contributed by atoms with Crippen molar-refractivity contribution < 1.29 is 14.3 Å². The van der Waals surface area contributed by atoms with Crippen LogP contribution in [0.1, 0.15) is 23.5 Å². The lowest BCUT2D eigenvalue weighted by molar-refractivity contribution is -0.121. The van der Waals surface area contributed by atoms with Gasteiger partial charge in [0.2, 0.25) is 5.91 Å². The second kappa shape index (κ2) is 9.22. The first kappa shape index (κ1) is 19.7. The first-order chi connectivity index (χ1) is 12.8. The van der Waals surface area contributed by atoms with Crippen molar-refractivity contribution in [3.05, 3.63) is 59.7 Å². The zero-order valence-electron chi connectivity index (χ0n) is 15.2. The number of benzene rings is 2. The minimum absolute atomic E-state index is 0. The molecule has 0 radical (unpaired) electrons. The molecule has 0 unspecified atom stereocenters. The highest BCUT2D eigenvalue weighted by molar-refractivity contribution is 5.89. The van der Waals surface area contributed by atoms with Crippen molar-refractivity contribution in [3.8, 4) is 11.5 Å². The molecule has 2 aliphatic heterocycles. The SMILES string of the molecule is Cl.O=C(NCCCN1CCOCC1)C1c2ccccc2Oc2ccccc21. The van der Waals surface area contributed by atoms with Crippen LogP contribution in [0.5, 0.6) is 11.5 Å². The Morgan fingerprint density at radius 1 is 1.00 bits per heavy atom. The fraction of sp³-hybridized carbons (Fsp3) is 0.381. The van der Waals surface area contributed by atoms with E-state index in [0.29, 0.717) is 6.54 Å². The summed E-state index contributed by atoms with van der Waals surface area (Å²) in [7, 11) is 0. The molecule has 0 saturated carbocycles. The molecule has 1 N–H and O–H groups in total. The molecule has 6 heteroatoms. The van der Waals surface area contributed by atoms with E-state index in [2.05, 4.69) is 10.2 Å². The van der Waals surface area contributed by atoms with Crippen molar-refractivity contribution >= 4 is 18.3 Å². The van der Waals surface area contributed by atoms with Gasteiger partial charge in [0.1, 0.15) is 11.5 Å². The maximum absolute atomic E-state index is 13.0. The van der Waals surface area contributed by atoms with E-state index in [0.717, 1.165) is 61.9 Å². The van der Waals surface area contributed by atoms with E-state index in [9.17, 15) is 4.79 Å². The number of carbonyl (C=O) groups is 1. The number of hydrogen-bond donors (Lipinski definition) is 1. The Morgan fingerprint density at radius 3 is 2.22 bits per heavy atom. The molecule has 0 bridgehead atoms. The molecule has 5 nitrogen and oxygen atoms in total. The van der Waals surface area contributed by atoms with Gasteiger partial charge in [0.25, 0.3) is 0 Å². The van der Waals surface area contributed by atoms with Crippen molar-refractivity contribution in [1.29, 1.82) is 0 Å². The Labute approximate surface area is 166 Å². The lowest BCUT2D eigenvalue weighted by atomic mass is 9.87. The van der Waals surface area contributed by atoms with Crippen molar-refractivity contribution in [3.63, 3.8) is 0 Å². The maximum Gasteiger partial charge on any atom is 0.232 e. The fourth-order valence-corrected chi connectivity index (χ4v) is 3.63. The molecule has 0 spiro atoms. The summed E-state index contributed by atoms with van der Waals surface area (Å²) in [6, 6.07) is 15.6. The third kappa shape index (κ3) is 4.43. The first-order valence-corrected chi connectivity index (χ1v) is 9.26. The molecular weight excluding hydrogens is 364 g/mol. The first-order valence-electron chi connectivity index (χ1n) is 9.26. The summed E-state index contributed by atoms with van der Waals surface area (Å²) in [6.45, 7) is 5.25. The van der Waals surface area contributed by atoms with Crippen molar-refractivity contribution in [2.75, 3.05) is 39.4 Å². The minimum atomic E-state index is -0.320. The van der Waals surface area contributed by atoms with Crippen LogP contribution in [-0.4, -0.2) is 50.2 Å². The standard InChI is InChI=1S/C21H24N2O3.ClH/c24-21(22-10-5-11-23-12-14-25-15-13-23)20-16-6-1-3-8-18(16)26-19-9-4-2-7-17(19)20;/h1-4,6-9,20H,5,10-15H2,(H,22,24);1H. The van der Waals surface area contributed by atoms with E-state index in [-0.39, 0.29) is 24.2 Å². The number of halogens is 1. The zero-order chi connectivity index (χ0) is 17.8. The van der Waals surface area contributed by atoms with E-state index in [1.54, 1.807) is 0 Å². The van der Waals surface area contributed by atoms with Gasteiger partial charge in [-0.1, -0.05) is 36.4 Å².